The Balaban J connectivity index is 3.57. The van der Waals surface area contributed by atoms with Gasteiger partial charge in [-0.25, -0.2) is 4.79 Å². The molecule has 0 radical (unpaired) electrons. The molecule has 0 saturated heterocycles. The molecule has 0 spiro atoms. The van der Waals surface area contributed by atoms with Crippen molar-refractivity contribution in [2.75, 3.05) is 6.61 Å². The molecule has 64 valence electrons. The number of urea groups is 1. The van der Waals surface area contributed by atoms with Crippen molar-refractivity contribution in [1.29, 1.82) is 0 Å². The molecule has 1 unspecified atom stereocenters. The van der Waals surface area contributed by atoms with Crippen LogP contribution in [0.5, 0.6) is 0 Å². The summed E-state index contributed by atoms with van der Waals surface area (Å²) in [4.78, 5) is 20.4. The van der Waals surface area contributed by atoms with Gasteiger partial charge in [0.25, 0.3) is 0 Å². The normalized spacial score (nSPS) is 12.1. The van der Waals surface area contributed by atoms with Crippen LogP contribution in [0.3, 0.4) is 0 Å². The van der Waals surface area contributed by atoms with Crippen LogP contribution in [0.2, 0.25) is 0 Å². The van der Waals surface area contributed by atoms with Crippen molar-refractivity contribution >= 4 is 12.3 Å². The zero-order valence-electron chi connectivity index (χ0n) is 6.12. The van der Waals surface area contributed by atoms with Crippen LogP contribution >= 0.6 is 0 Å². The Bertz CT molecular complexity index is 138. The molecule has 0 rings (SSSR count). The van der Waals surface area contributed by atoms with E-state index in [-0.39, 0.29) is 6.61 Å². The smallest absolute Gasteiger partial charge is 0.312 e. The summed E-state index contributed by atoms with van der Waals surface area (Å²) < 4.78 is 0. The molecule has 0 bridgehead atoms. The fraction of sp³-hybridized carbons (Fsp3) is 0.667. The summed E-state index contributed by atoms with van der Waals surface area (Å²) in [6.07, 6.45) is 1.49. The SMILES string of the molecule is NC(=O)NC(C=O)CCCO. The number of aliphatic hydroxyl groups excluding tert-OH is 1. The number of primary amides is 1. The molecule has 0 fully saturated rings. The Morgan fingerprint density at radius 2 is 2.36 bits per heavy atom. The zero-order valence-corrected chi connectivity index (χ0v) is 6.12. The predicted octanol–water partition coefficient (Wildman–Crippen LogP) is -1.01. The quantitative estimate of drug-likeness (QED) is 0.450. The van der Waals surface area contributed by atoms with E-state index in [9.17, 15) is 9.59 Å². The molecule has 0 aromatic rings. The van der Waals surface area contributed by atoms with Gasteiger partial charge in [0.05, 0.1) is 6.04 Å². The minimum absolute atomic E-state index is 0.00474. The van der Waals surface area contributed by atoms with Gasteiger partial charge in [-0.3, -0.25) is 0 Å². The van der Waals surface area contributed by atoms with E-state index in [1.807, 2.05) is 0 Å². The Kier molecular flexibility index (Phi) is 5.10. The van der Waals surface area contributed by atoms with E-state index in [0.29, 0.717) is 19.1 Å². The number of hydrogen-bond acceptors (Lipinski definition) is 3. The average molecular weight is 160 g/mol. The van der Waals surface area contributed by atoms with Crippen LogP contribution < -0.4 is 11.1 Å². The maximum absolute atomic E-state index is 10.2. The summed E-state index contributed by atoms with van der Waals surface area (Å²) in [6, 6.07) is -1.29. The van der Waals surface area contributed by atoms with E-state index in [1.54, 1.807) is 0 Å². The third-order valence-corrected chi connectivity index (χ3v) is 1.17. The van der Waals surface area contributed by atoms with Gasteiger partial charge >= 0.3 is 6.03 Å². The molecule has 0 heterocycles. The van der Waals surface area contributed by atoms with Gasteiger partial charge in [-0.15, -0.1) is 0 Å². The van der Waals surface area contributed by atoms with E-state index in [4.69, 9.17) is 10.8 Å². The van der Waals surface area contributed by atoms with Crippen molar-refractivity contribution < 1.29 is 14.7 Å². The molecular formula is C6H12N2O3. The first-order valence-corrected chi connectivity index (χ1v) is 3.32. The molecular weight excluding hydrogens is 148 g/mol. The fourth-order valence-electron chi connectivity index (χ4n) is 0.668. The fourth-order valence-corrected chi connectivity index (χ4v) is 0.668. The van der Waals surface area contributed by atoms with Crippen LogP contribution in [-0.2, 0) is 4.79 Å². The second-order valence-corrected chi connectivity index (χ2v) is 2.12. The lowest BCUT2D eigenvalue weighted by molar-refractivity contribution is -0.109. The molecule has 1 atom stereocenters. The Labute approximate surface area is 64.6 Å². The van der Waals surface area contributed by atoms with Crippen molar-refractivity contribution in [3.8, 4) is 0 Å². The number of hydrogen-bond donors (Lipinski definition) is 3. The number of amides is 2. The summed E-state index contributed by atoms with van der Waals surface area (Å²) in [5.74, 6) is 0. The van der Waals surface area contributed by atoms with Gasteiger partial charge < -0.3 is 21.0 Å². The van der Waals surface area contributed by atoms with E-state index in [0.717, 1.165) is 0 Å². The summed E-state index contributed by atoms with van der Waals surface area (Å²) in [5, 5.41) is 10.6. The number of aliphatic hydroxyl groups is 1. The molecule has 5 heteroatoms. The molecule has 0 saturated carbocycles. The van der Waals surface area contributed by atoms with Gasteiger partial charge in [0.1, 0.15) is 6.29 Å². The van der Waals surface area contributed by atoms with Crippen LogP contribution in [-0.4, -0.2) is 30.1 Å². The lowest BCUT2D eigenvalue weighted by Crippen LogP contribution is -2.39. The molecule has 0 aromatic heterocycles. The van der Waals surface area contributed by atoms with Gasteiger partial charge in [0.15, 0.2) is 0 Å². The maximum atomic E-state index is 10.2. The first-order chi connectivity index (χ1) is 5.20. The van der Waals surface area contributed by atoms with E-state index < -0.39 is 12.1 Å². The van der Waals surface area contributed by atoms with Crippen molar-refractivity contribution in [2.24, 2.45) is 5.73 Å². The van der Waals surface area contributed by atoms with Crippen molar-refractivity contribution in [3.63, 3.8) is 0 Å². The Morgan fingerprint density at radius 3 is 2.73 bits per heavy atom. The Morgan fingerprint density at radius 1 is 1.73 bits per heavy atom. The van der Waals surface area contributed by atoms with E-state index in [1.165, 1.54) is 0 Å². The highest BCUT2D eigenvalue weighted by Crippen LogP contribution is 1.92. The first kappa shape index (κ1) is 9.90. The maximum Gasteiger partial charge on any atom is 0.312 e. The van der Waals surface area contributed by atoms with Crippen molar-refractivity contribution in [2.45, 2.75) is 18.9 Å². The number of aldehydes is 1. The van der Waals surface area contributed by atoms with Crippen LogP contribution in [0.4, 0.5) is 4.79 Å². The summed E-state index contributed by atoms with van der Waals surface area (Å²) in [7, 11) is 0. The van der Waals surface area contributed by atoms with E-state index in [2.05, 4.69) is 5.32 Å². The average Bonchev–Trinajstić information content (AvgIpc) is 1.97. The van der Waals surface area contributed by atoms with Crippen molar-refractivity contribution in [1.82, 2.24) is 5.32 Å². The number of carbonyl (C=O) groups excluding carboxylic acids is 2. The molecule has 5 nitrogen and oxygen atoms in total. The summed E-state index contributed by atoms with van der Waals surface area (Å²) >= 11 is 0. The lowest BCUT2D eigenvalue weighted by Gasteiger charge is -2.08. The molecule has 0 aliphatic carbocycles. The third kappa shape index (κ3) is 5.35. The zero-order chi connectivity index (χ0) is 8.69. The van der Waals surface area contributed by atoms with Gasteiger partial charge in [-0.05, 0) is 12.8 Å². The van der Waals surface area contributed by atoms with Gasteiger partial charge in [0.2, 0.25) is 0 Å². The number of carbonyl (C=O) groups is 2. The number of nitrogens with two attached hydrogens (primary N) is 1. The van der Waals surface area contributed by atoms with Gasteiger partial charge in [-0.1, -0.05) is 0 Å². The topological polar surface area (TPSA) is 92.4 Å². The van der Waals surface area contributed by atoms with Gasteiger partial charge in [-0.2, -0.15) is 0 Å². The number of rotatable bonds is 5. The van der Waals surface area contributed by atoms with Crippen molar-refractivity contribution in [3.05, 3.63) is 0 Å². The molecule has 4 N–H and O–H groups in total. The lowest BCUT2D eigenvalue weighted by atomic mass is 10.2. The van der Waals surface area contributed by atoms with Crippen LogP contribution in [0.15, 0.2) is 0 Å². The highest BCUT2D eigenvalue weighted by atomic mass is 16.3. The second-order valence-electron chi connectivity index (χ2n) is 2.12. The number of nitrogens with one attached hydrogen (secondary N) is 1. The molecule has 11 heavy (non-hydrogen) atoms. The molecule has 0 aliphatic rings. The Hall–Kier alpha value is -1.10. The highest BCUT2D eigenvalue weighted by molar-refractivity contribution is 5.76. The van der Waals surface area contributed by atoms with Crippen LogP contribution in [0, 0.1) is 0 Å². The summed E-state index contributed by atoms with van der Waals surface area (Å²) in [6.45, 7) is 0.00474. The van der Waals surface area contributed by atoms with Crippen LogP contribution in [0.1, 0.15) is 12.8 Å². The largest absolute Gasteiger partial charge is 0.396 e. The predicted molar refractivity (Wildman–Crippen MR) is 38.9 cm³/mol. The van der Waals surface area contributed by atoms with E-state index >= 15 is 0 Å². The summed E-state index contributed by atoms with van der Waals surface area (Å²) in [5.41, 5.74) is 4.77. The second kappa shape index (κ2) is 5.67. The van der Waals surface area contributed by atoms with Gasteiger partial charge in [0, 0.05) is 6.61 Å². The molecule has 0 aliphatic heterocycles. The standard InChI is InChI=1S/C6H12N2O3/c7-6(11)8-5(4-10)2-1-3-9/h4-5,9H,1-3H2,(H3,7,8,11). The minimum atomic E-state index is -0.722. The highest BCUT2D eigenvalue weighted by Gasteiger charge is 2.06. The first-order valence-electron chi connectivity index (χ1n) is 3.32. The molecule has 2 amide bonds. The monoisotopic (exact) mass is 160 g/mol. The minimum Gasteiger partial charge on any atom is -0.396 e. The van der Waals surface area contributed by atoms with Crippen LogP contribution in [0.25, 0.3) is 0 Å². The third-order valence-electron chi connectivity index (χ3n) is 1.17. The molecule has 0 aromatic carbocycles.